The van der Waals surface area contributed by atoms with Gasteiger partial charge in [-0.1, -0.05) is 12.1 Å². The summed E-state index contributed by atoms with van der Waals surface area (Å²) in [6.07, 6.45) is 1.42. The highest BCUT2D eigenvalue weighted by Crippen LogP contribution is 2.14. The van der Waals surface area contributed by atoms with Crippen molar-refractivity contribution < 1.29 is 13.9 Å². The number of para-hydroxylation sites is 1. The SMILES string of the molecule is O=C(Nc1ccccc1F)OCC1CCNCC1. The van der Waals surface area contributed by atoms with Crippen LogP contribution in [0.3, 0.4) is 0 Å². The van der Waals surface area contributed by atoms with Crippen LogP contribution >= 0.6 is 0 Å². The topological polar surface area (TPSA) is 50.4 Å². The molecule has 1 aromatic carbocycles. The van der Waals surface area contributed by atoms with Crippen molar-refractivity contribution in [2.75, 3.05) is 25.0 Å². The molecule has 1 amide bonds. The van der Waals surface area contributed by atoms with Gasteiger partial charge in [0.1, 0.15) is 5.82 Å². The van der Waals surface area contributed by atoms with E-state index in [1.807, 2.05) is 0 Å². The molecule has 4 nitrogen and oxygen atoms in total. The largest absolute Gasteiger partial charge is 0.449 e. The smallest absolute Gasteiger partial charge is 0.411 e. The van der Waals surface area contributed by atoms with Crippen LogP contribution in [0.2, 0.25) is 0 Å². The van der Waals surface area contributed by atoms with E-state index in [4.69, 9.17) is 4.74 Å². The first kappa shape index (κ1) is 12.8. The van der Waals surface area contributed by atoms with Crippen LogP contribution in [0.1, 0.15) is 12.8 Å². The second-order valence-electron chi connectivity index (χ2n) is 4.40. The molecular weight excluding hydrogens is 235 g/mol. The maximum absolute atomic E-state index is 13.3. The van der Waals surface area contributed by atoms with Gasteiger partial charge in [0.05, 0.1) is 12.3 Å². The van der Waals surface area contributed by atoms with Crippen molar-refractivity contribution in [1.29, 1.82) is 0 Å². The number of anilines is 1. The second kappa shape index (κ2) is 6.35. The van der Waals surface area contributed by atoms with Crippen LogP contribution in [0.5, 0.6) is 0 Å². The van der Waals surface area contributed by atoms with Crippen LogP contribution in [-0.2, 0) is 4.74 Å². The molecule has 0 aromatic heterocycles. The van der Waals surface area contributed by atoms with Gasteiger partial charge in [-0.25, -0.2) is 9.18 Å². The number of carbonyl (C=O) groups is 1. The van der Waals surface area contributed by atoms with Gasteiger partial charge in [-0.3, -0.25) is 5.32 Å². The van der Waals surface area contributed by atoms with Gasteiger partial charge in [0.15, 0.2) is 0 Å². The zero-order valence-electron chi connectivity index (χ0n) is 10.1. The number of halogens is 1. The molecule has 2 rings (SSSR count). The van der Waals surface area contributed by atoms with Crippen LogP contribution in [0.25, 0.3) is 0 Å². The second-order valence-corrected chi connectivity index (χ2v) is 4.40. The van der Waals surface area contributed by atoms with Gasteiger partial charge in [-0.05, 0) is 44.0 Å². The van der Waals surface area contributed by atoms with E-state index in [1.54, 1.807) is 12.1 Å². The highest BCUT2D eigenvalue weighted by Gasteiger charge is 2.15. The fraction of sp³-hybridized carbons (Fsp3) is 0.462. The Kier molecular flexibility index (Phi) is 4.52. The predicted octanol–water partition coefficient (Wildman–Crippen LogP) is 2.37. The van der Waals surface area contributed by atoms with E-state index in [0.29, 0.717) is 12.5 Å². The molecule has 0 unspecified atom stereocenters. The van der Waals surface area contributed by atoms with Crippen LogP contribution < -0.4 is 10.6 Å². The summed E-state index contributed by atoms with van der Waals surface area (Å²) in [7, 11) is 0. The minimum absolute atomic E-state index is 0.146. The average molecular weight is 252 g/mol. The summed E-state index contributed by atoms with van der Waals surface area (Å²) in [4.78, 5) is 11.5. The lowest BCUT2D eigenvalue weighted by molar-refractivity contribution is 0.130. The lowest BCUT2D eigenvalue weighted by atomic mass is 9.99. The van der Waals surface area contributed by atoms with Gasteiger partial charge >= 0.3 is 6.09 Å². The molecule has 1 aromatic rings. The Morgan fingerprint density at radius 1 is 1.39 bits per heavy atom. The molecule has 0 saturated carbocycles. The lowest BCUT2D eigenvalue weighted by Gasteiger charge is -2.22. The molecule has 5 heteroatoms. The summed E-state index contributed by atoms with van der Waals surface area (Å²) in [6.45, 7) is 2.31. The van der Waals surface area contributed by atoms with E-state index >= 15 is 0 Å². The third kappa shape index (κ3) is 3.70. The summed E-state index contributed by atoms with van der Waals surface area (Å²) < 4.78 is 18.4. The Bertz CT molecular complexity index is 406. The van der Waals surface area contributed by atoms with Crippen LogP contribution in [0.15, 0.2) is 24.3 Å². The van der Waals surface area contributed by atoms with Gasteiger partial charge in [0.25, 0.3) is 0 Å². The van der Waals surface area contributed by atoms with Crippen LogP contribution in [-0.4, -0.2) is 25.8 Å². The van der Waals surface area contributed by atoms with Crippen molar-refractivity contribution in [1.82, 2.24) is 5.32 Å². The number of amides is 1. The van der Waals surface area contributed by atoms with Gasteiger partial charge in [0.2, 0.25) is 0 Å². The van der Waals surface area contributed by atoms with Crippen LogP contribution in [0, 0.1) is 11.7 Å². The summed E-state index contributed by atoms with van der Waals surface area (Å²) in [6, 6.07) is 6.02. The number of carbonyl (C=O) groups excluding carboxylic acids is 1. The van der Waals surface area contributed by atoms with E-state index in [-0.39, 0.29) is 5.69 Å². The molecule has 98 valence electrons. The van der Waals surface area contributed by atoms with Crippen LogP contribution in [0.4, 0.5) is 14.9 Å². The van der Waals surface area contributed by atoms with E-state index < -0.39 is 11.9 Å². The first-order valence-corrected chi connectivity index (χ1v) is 6.15. The lowest BCUT2D eigenvalue weighted by Crippen LogP contribution is -2.31. The Morgan fingerprint density at radius 3 is 2.83 bits per heavy atom. The maximum Gasteiger partial charge on any atom is 0.411 e. The number of nitrogens with one attached hydrogen (secondary N) is 2. The monoisotopic (exact) mass is 252 g/mol. The molecule has 1 aliphatic heterocycles. The fourth-order valence-corrected chi connectivity index (χ4v) is 1.95. The molecule has 1 saturated heterocycles. The molecule has 0 aliphatic carbocycles. The Hall–Kier alpha value is -1.62. The third-order valence-electron chi connectivity index (χ3n) is 3.02. The van der Waals surface area contributed by atoms with E-state index in [2.05, 4.69) is 10.6 Å². The maximum atomic E-state index is 13.3. The van der Waals surface area contributed by atoms with E-state index in [0.717, 1.165) is 25.9 Å². The molecule has 0 spiro atoms. The van der Waals surface area contributed by atoms with Crippen molar-refractivity contribution in [3.63, 3.8) is 0 Å². The van der Waals surface area contributed by atoms with Crippen molar-refractivity contribution in [3.8, 4) is 0 Å². The Labute approximate surface area is 106 Å². The van der Waals surface area contributed by atoms with Gasteiger partial charge in [-0.15, -0.1) is 0 Å². The predicted molar refractivity (Wildman–Crippen MR) is 67.0 cm³/mol. The molecular formula is C13H17FN2O2. The average Bonchev–Trinajstić information content (AvgIpc) is 2.40. The zero-order valence-corrected chi connectivity index (χ0v) is 10.1. The van der Waals surface area contributed by atoms with Gasteiger partial charge in [-0.2, -0.15) is 0 Å². The van der Waals surface area contributed by atoms with Gasteiger partial charge < -0.3 is 10.1 Å². The number of rotatable bonds is 3. The van der Waals surface area contributed by atoms with E-state index in [1.165, 1.54) is 12.1 Å². The highest BCUT2D eigenvalue weighted by molar-refractivity contribution is 5.84. The van der Waals surface area contributed by atoms with Gasteiger partial charge in [0, 0.05) is 0 Å². The number of hydrogen-bond acceptors (Lipinski definition) is 3. The normalized spacial score (nSPS) is 16.3. The van der Waals surface area contributed by atoms with Crippen molar-refractivity contribution in [2.45, 2.75) is 12.8 Å². The molecule has 18 heavy (non-hydrogen) atoms. The summed E-state index contributed by atoms with van der Waals surface area (Å²) >= 11 is 0. The quantitative estimate of drug-likeness (QED) is 0.868. The number of ether oxygens (including phenoxy) is 1. The first-order valence-electron chi connectivity index (χ1n) is 6.15. The molecule has 1 heterocycles. The number of hydrogen-bond donors (Lipinski definition) is 2. The third-order valence-corrected chi connectivity index (χ3v) is 3.02. The zero-order chi connectivity index (χ0) is 12.8. The molecule has 0 radical (unpaired) electrons. The Balaban J connectivity index is 1.76. The number of benzene rings is 1. The van der Waals surface area contributed by atoms with Crippen molar-refractivity contribution >= 4 is 11.8 Å². The van der Waals surface area contributed by atoms with Crippen molar-refractivity contribution in [3.05, 3.63) is 30.1 Å². The molecule has 0 bridgehead atoms. The first-order chi connectivity index (χ1) is 8.75. The summed E-state index contributed by atoms with van der Waals surface area (Å²) in [5.41, 5.74) is 0.146. The minimum atomic E-state index is -0.598. The van der Waals surface area contributed by atoms with E-state index in [9.17, 15) is 9.18 Å². The minimum Gasteiger partial charge on any atom is -0.449 e. The molecule has 2 N–H and O–H groups in total. The highest BCUT2D eigenvalue weighted by atomic mass is 19.1. The molecule has 1 fully saturated rings. The fourth-order valence-electron chi connectivity index (χ4n) is 1.95. The summed E-state index contributed by atoms with van der Waals surface area (Å²) in [5.74, 6) is -0.0612. The molecule has 0 atom stereocenters. The number of piperidine rings is 1. The summed E-state index contributed by atoms with van der Waals surface area (Å²) in [5, 5.41) is 5.64. The molecule has 1 aliphatic rings. The van der Waals surface area contributed by atoms with Crippen molar-refractivity contribution in [2.24, 2.45) is 5.92 Å². The standard InChI is InChI=1S/C13H17FN2O2/c14-11-3-1-2-4-12(11)16-13(17)18-9-10-5-7-15-8-6-10/h1-4,10,15H,5-9H2,(H,16,17). The Morgan fingerprint density at radius 2 is 2.11 bits per heavy atom.